The summed E-state index contributed by atoms with van der Waals surface area (Å²) in [5.41, 5.74) is 0.249. The zero-order valence-electron chi connectivity index (χ0n) is 14.4. The van der Waals surface area contributed by atoms with E-state index in [1.165, 1.54) is 7.11 Å². The van der Waals surface area contributed by atoms with Crippen LogP contribution < -0.4 is 20.1 Å². The molecular formula is C16H20ClF4N3O3. The monoisotopic (exact) mass is 413 g/mol. The third-order valence-electron chi connectivity index (χ3n) is 4.35. The highest BCUT2D eigenvalue weighted by atomic mass is 35.5. The Morgan fingerprint density at radius 1 is 1.41 bits per heavy atom. The second-order valence-electron chi connectivity index (χ2n) is 6.46. The zero-order chi connectivity index (χ0) is 18.9. The van der Waals surface area contributed by atoms with Crippen molar-refractivity contribution in [2.24, 2.45) is 0 Å². The summed E-state index contributed by atoms with van der Waals surface area (Å²) in [5.74, 6) is -4.45. The average Bonchev–Trinajstić information content (AvgIpc) is 2.99. The van der Waals surface area contributed by atoms with Crippen molar-refractivity contribution in [1.82, 2.24) is 15.6 Å². The first-order valence-corrected chi connectivity index (χ1v) is 8.20. The number of carbonyl (C=O) groups is 1. The highest BCUT2D eigenvalue weighted by molar-refractivity contribution is 5.85. The molecule has 0 aromatic carbocycles. The molecule has 0 spiro atoms. The normalized spacial score (nSPS) is 23.9. The lowest BCUT2D eigenvalue weighted by Gasteiger charge is -2.34. The first-order chi connectivity index (χ1) is 12.3. The van der Waals surface area contributed by atoms with Crippen LogP contribution in [0.3, 0.4) is 0 Å². The fourth-order valence-corrected chi connectivity index (χ4v) is 2.93. The Morgan fingerprint density at radius 2 is 2.11 bits per heavy atom. The van der Waals surface area contributed by atoms with Crippen molar-refractivity contribution >= 4 is 18.3 Å². The van der Waals surface area contributed by atoms with Crippen LogP contribution in [-0.4, -0.2) is 48.8 Å². The van der Waals surface area contributed by atoms with Crippen molar-refractivity contribution in [2.45, 2.75) is 50.0 Å². The molecule has 152 valence electrons. The number of nitrogens with one attached hydrogen (secondary N) is 2. The van der Waals surface area contributed by atoms with Gasteiger partial charge in [0.05, 0.1) is 13.2 Å². The lowest BCUT2D eigenvalue weighted by molar-refractivity contribution is -0.136. The number of carbonyl (C=O) groups excluding carboxylic acids is 1. The number of methoxy groups -OCH3 is 1. The number of pyridine rings is 1. The van der Waals surface area contributed by atoms with Crippen molar-refractivity contribution in [3.63, 3.8) is 0 Å². The minimum absolute atomic E-state index is 0. The molecule has 3 rings (SSSR count). The number of hydrogen-bond donors (Lipinski definition) is 2. The maximum atomic E-state index is 14.2. The second-order valence-corrected chi connectivity index (χ2v) is 6.46. The molecule has 6 nitrogen and oxygen atoms in total. The van der Waals surface area contributed by atoms with E-state index in [1.807, 2.05) is 0 Å². The molecule has 1 aromatic rings. The predicted molar refractivity (Wildman–Crippen MR) is 89.7 cm³/mol. The van der Waals surface area contributed by atoms with E-state index in [4.69, 9.17) is 9.47 Å². The standard InChI is InChI=1S/C16H19F4N3O3.ClH/c1-25-14-8(6-22-13(24)12-3-9(17)7-21-12)2-11(18)15(23-14)26-10-4-16(19,20)5-10;/h2,9-10,12,21H,3-7H2,1H3,(H,22,24);1H. The van der Waals surface area contributed by atoms with E-state index in [1.54, 1.807) is 0 Å². The molecule has 2 unspecified atom stereocenters. The number of nitrogens with zero attached hydrogens (tertiary/aromatic N) is 1. The van der Waals surface area contributed by atoms with E-state index in [9.17, 15) is 22.4 Å². The molecule has 2 fully saturated rings. The van der Waals surface area contributed by atoms with E-state index in [0.29, 0.717) is 0 Å². The van der Waals surface area contributed by atoms with Crippen molar-refractivity contribution < 1.29 is 31.8 Å². The number of amides is 1. The first kappa shape index (κ1) is 21.5. The van der Waals surface area contributed by atoms with Gasteiger partial charge in [-0.3, -0.25) is 4.79 Å². The minimum atomic E-state index is -2.79. The third-order valence-corrected chi connectivity index (χ3v) is 4.35. The van der Waals surface area contributed by atoms with Gasteiger partial charge in [-0.15, -0.1) is 12.4 Å². The number of rotatable bonds is 6. The van der Waals surface area contributed by atoms with Crippen molar-refractivity contribution in [3.8, 4) is 11.8 Å². The second kappa shape index (κ2) is 8.47. The smallest absolute Gasteiger partial charge is 0.255 e. The van der Waals surface area contributed by atoms with Crippen LogP contribution >= 0.6 is 12.4 Å². The number of alkyl halides is 3. The van der Waals surface area contributed by atoms with E-state index in [2.05, 4.69) is 15.6 Å². The Kier molecular flexibility index (Phi) is 6.74. The number of aromatic nitrogens is 1. The van der Waals surface area contributed by atoms with Crippen LogP contribution in [0.1, 0.15) is 24.8 Å². The van der Waals surface area contributed by atoms with Gasteiger partial charge in [-0.25, -0.2) is 17.6 Å². The molecule has 1 aromatic heterocycles. The van der Waals surface area contributed by atoms with Gasteiger partial charge in [0.1, 0.15) is 12.3 Å². The van der Waals surface area contributed by atoms with Crippen LogP contribution in [0.5, 0.6) is 11.8 Å². The summed E-state index contributed by atoms with van der Waals surface area (Å²) < 4.78 is 63.2. The Hall–Kier alpha value is -1.81. The summed E-state index contributed by atoms with van der Waals surface area (Å²) in [6.07, 6.45) is -2.77. The first-order valence-electron chi connectivity index (χ1n) is 8.20. The van der Waals surface area contributed by atoms with E-state index < -0.39 is 54.7 Å². The maximum absolute atomic E-state index is 14.2. The summed E-state index contributed by atoms with van der Waals surface area (Å²) in [6, 6.07) is 0.426. The summed E-state index contributed by atoms with van der Waals surface area (Å²) >= 11 is 0. The van der Waals surface area contributed by atoms with Crippen LogP contribution in [-0.2, 0) is 11.3 Å². The van der Waals surface area contributed by atoms with Gasteiger partial charge in [0.15, 0.2) is 5.82 Å². The average molecular weight is 414 g/mol. The Labute approximate surface area is 159 Å². The van der Waals surface area contributed by atoms with Crippen LogP contribution in [0.25, 0.3) is 0 Å². The van der Waals surface area contributed by atoms with Gasteiger partial charge in [-0.1, -0.05) is 0 Å². The van der Waals surface area contributed by atoms with E-state index in [0.717, 1.165) is 6.07 Å². The van der Waals surface area contributed by atoms with Crippen LogP contribution in [0.2, 0.25) is 0 Å². The molecule has 2 heterocycles. The fourth-order valence-electron chi connectivity index (χ4n) is 2.93. The zero-order valence-corrected chi connectivity index (χ0v) is 15.3. The maximum Gasteiger partial charge on any atom is 0.255 e. The van der Waals surface area contributed by atoms with Gasteiger partial charge >= 0.3 is 0 Å². The van der Waals surface area contributed by atoms with Gasteiger partial charge < -0.3 is 20.1 Å². The molecule has 2 atom stereocenters. The van der Waals surface area contributed by atoms with Crippen LogP contribution in [0, 0.1) is 5.82 Å². The highest BCUT2D eigenvalue weighted by Crippen LogP contribution is 2.40. The lowest BCUT2D eigenvalue weighted by Crippen LogP contribution is -2.43. The van der Waals surface area contributed by atoms with E-state index >= 15 is 0 Å². The number of hydrogen-bond acceptors (Lipinski definition) is 5. The number of halogens is 5. The van der Waals surface area contributed by atoms with E-state index in [-0.39, 0.29) is 43.4 Å². The highest BCUT2D eigenvalue weighted by Gasteiger charge is 2.47. The largest absolute Gasteiger partial charge is 0.481 e. The molecule has 1 amide bonds. The van der Waals surface area contributed by atoms with Gasteiger partial charge in [0.25, 0.3) is 11.8 Å². The predicted octanol–water partition coefficient (Wildman–Crippen LogP) is 2.14. The molecular weight excluding hydrogens is 394 g/mol. The molecule has 1 aliphatic carbocycles. The number of ether oxygens (including phenoxy) is 2. The summed E-state index contributed by atoms with van der Waals surface area (Å²) in [4.78, 5) is 15.8. The molecule has 1 aliphatic heterocycles. The molecule has 27 heavy (non-hydrogen) atoms. The molecule has 2 aliphatic rings. The van der Waals surface area contributed by atoms with Crippen LogP contribution in [0.15, 0.2) is 6.07 Å². The molecule has 1 saturated carbocycles. The summed E-state index contributed by atoms with van der Waals surface area (Å²) in [7, 11) is 1.30. The summed E-state index contributed by atoms with van der Waals surface area (Å²) in [5, 5.41) is 5.31. The van der Waals surface area contributed by atoms with Gasteiger partial charge in [-0.2, -0.15) is 4.98 Å². The van der Waals surface area contributed by atoms with Crippen molar-refractivity contribution in [1.29, 1.82) is 0 Å². The SMILES string of the molecule is COc1nc(OC2CC(F)(F)C2)c(F)cc1CNC(=O)C1CC(F)CN1.Cl. The van der Waals surface area contributed by atoms with Gasteiger partial charge in [-0.05, 0) is 6.07 Å². The topological polar surface area (TPSA) is 72.5 Å². The molecule has 1 saturated heterocycles. The quantitative estimate of drug-likeness (QED) is 0.699. The Balaban J connectivity index is 0.00000261. The van der Waals surface area contributed by atoms with Crippen molar-refractivity contribution in [2.75, 3.05) is 13.7 Å². The molecule has 2 N–H and O–H groups in total. The Morgan fingerprint density at radius 3 is 2.67 bits per heavy atom. The minimum Gasteiger partial charge on any atom is -0.481 e. The molecule has 0 radical (unpaired) electrons. The van der Waals surface area contributed by atoms with Gasteiger partial charge in [0.2, 0.25) is 11.8 Å². The van der Waals surface area contributed by atoms with Gasteiger partial charge in [0, 0.05) is 37.9 Å². The Bertz CT molecular complexity index is 687. The van der Waals surface area contributed by atoms with Crippen LogP contribution in [0.4, 0.5) is 17.6 Å². The molecule has 11 heteroatoms. The molecule has 0 bridgehead atoms. The lowest BCUT2D eigenvalue weighted by atomic mass is 9.91. The third kappa shape index (κ3) is 5.13. The fraction of sp³-hybridized carbons (Fsp3) is 0.625. The summed E-state index contributed by atoms with van der Waals surface area (Å²) in [6.45, 7) is 0.0344. The van der Waals surface area contributed by atoms with Crippen molar-refractivity contribution in [3.05, 3.63) is 17.4 Å².